The molecule has 3 fully saturated rings. The summed E-state index contributed by atoms with van der Waals surface area (Å²) < 4.78 is 95.5. The third-order valence-corrected chi connectivity index (χ3v) is 12.5. The van der Waals surface area contributed by atoms with Gasteiger partial charge in [0.25, 0.3) is 0 Å². The van der Waals surface area contributed by atoms with Gasteiger partial charge in [-0.2, -0.15) is 0 Å². The van der Waals surface area contributed by atoms with Crippen LogP contribution in [0.5, 0.6) is 0 Å². The van der Waals surface area contributed by atoms with Crippen molar-refractivity contribution in [3.8, 4) is 0 Å². The predicted octanol–water partition coefficient (Wildman–Crippen LogP) is 3.10. The van der Waals surface area contributed by atoms with Gasteiger partial charge in [-0.3, -0.25) is 9.59 Å². The molecule has 0 unspecified atom stereocenters. The lowest BCUT2D eigenvalue weighted by Crippen LogP contribution is -2.61. The van der Waals surface area contributed by atoms with Crippen molar-refractivity contribution in [2.24, 2.45) is 29.6 Å². The highest BCUT2D eigenvalue weighted by Crippen LogP contribution is 2.42. The van der Waals surface area contributed by atoms with E-state index in [-0.39, 0.29) is 37.2 Å². The van der Waals surface area contributed by atoms with E-state index in [0.717, 1.165) is 0 Å². The van der Waals surface area contributed by atoms with Crippen LogP contribution in [-0.4, -0.2) is 149 Å². The molecule has 13 nitrogen and oxygen atoms in total. The van der Waals surface area contributed by atoms with Gasteiger partial charge in [0.2, 0.25) is 5.72 Å². The van der Waals surface area contributed by atoms with Crippen LogP contribution in [0.4, 0.5) is 0 Å². The smallest absolute Gasteiger partial charge is 0.211 e. The van der Waals surface area contributed by atoms with Crippen molar-refractivity contribution in [2.45, 2.75) is 179 Å². The van der Waals surface area contributed by atoms with Gasteiger partial charge in [-0.25, -0.2) is 0 Å². The summed E-state index contributed by atoms with van der Waals surface area (Å²) in [6, 6.07) is -0.351. The van der Waals surface area contributed by atoms with Crippen LogP contribution in [-0.2, 0) is 38.0 Å². The third kappa shape index (κ3) is 9.46. The number of carbonyl (C=O) groups excluding carboxylic acids is 2. The number of hydrogen-bond donors (Lipinski definition) is 4. The SMILES string of the molecule is [2H]O[C@@H]1[C@H](O[C@@H]2[C@@H](C)[C@H](O[C@H]3C[C@@](C)(OC)[C@@H](O[2H])[C@H](C)O3)[C@@H](C)C(=O)C[C@H](CC)[C@@](C)(O[2H])[C@H](O[2H])[C@@H](C)C(=O)[C@H](C)C[C@@]2(C)OC([2H])([2H])[2H])O[C@H](C)C[C@@H]1N(C)C. The zero-order valence-corrected chi connectivity index (χ0v) is 33.5. The van der Waals surface area contributed by atoms with Gasteiger partial charge in [-0.05, 0) is 67.5 Å². The minimum atomic E-state index is -3.03. The monoisotopic (exact) mass is 753 g/mol. The fraction of sp³-hybridized carbons (Fsp3) is 0.949. The molecule has 2 saturated heterocycles. The molecule has 3 aliphatic rings. The summed E-state index contributed by atoms with van der Waals surface area (Å²) in [5.74, 6) is -5.33. The Morgan fingerprint density at radius 2 is 1.62 bits per heavy atom. The van der Waals surface area contributed by atoms with Gasteiger partial charge < -0.3 is 53.8 Å². The zero-order chi connectivity index (χ0) is 45.0. The molecule has 0 spiro atoms. The van der Waals surface area contributed by atoms with Crippen LogP contribution in [0.15, 0.2) is 0 Å². The van der Waals surface area contributed by atoms with Crippen molar-refractivity contribution in [1.82, 2.24) is 4.90 Å². The molecule has 3 rings (SSSR count). The number of aliphatic hydroxyl groups is 4. The van der Waals surface area contributed by atoms with Crippen molar-refractivity contribution < 1.29 is 62.6 Å². The standard InChI is InChI=1S/C39H71NO12/c1-15-26-17-28(41)22(4)32(51-29-19-37(8,47-13)34(45)25(7)50-29)24(6)35(52-36-31(43)27(40(11)12)16-21(3)49-36)38(9,48-14)18-20(2)30(42)23(5)33(44)39(26,10)46/h20-27,29,31-36,43-46H,15-19H2,1-14H3/t20-,21-,22+,23+,24+,25+,26+,27+,29+,31+,32-,33-,34+,35-,36+,37-,38-,39-/m1/s1/i14D3,43D,44D,45D,46D. The molecule has 2 heterocycles. The Bertz CT molecular complexity index is 1370. The van der Waals surface area contributed by atoms with Crippen molar-refractivity contribution in [3.63, 3.8) is 0 Å². The number of nitrogens with zero attached hydrogens (tertiary/aromatic N) is 1. The van der Waals surface area contributed by atoms with Crippen molar-refractivity contribution in [1.29, 1.82) is 5.72 Å². The van der Waals surface area contributed by atoms with E-state index in [2.05, 4.69) is 0 Å². The summed E-state index contributed by atoms with van der Waals surface area (Å²) in [4.78, 5) is 31.1. The summed E-state index contributed by atoms with van der Waals surface area (Å²) in [6.45, 7) is 16.8. The van der Waals surface area contributed by atoms with Gasteiger partial charge >= 0.3 is 0 Å². The highest BCUT2D eigenvalue weighted by molar-refractivity contribution is 5.84. The molecule has 304 valence electrons. The molecule has 13 heteroatoms. The van der Waals surface area contributed by atoms with Gasteiger partial charge in [0.1, 0.15) is 23.8 Å². The molecule has 0 bridgehead atoms. The largest absolute Gasteiger partial charge is 0.389 e. The van der Waals surface area contributed by atoms with Crippen LogP contribution in [0.2, 0.25) is 0 Å². The second-order valence-electron chi connectivity index (χ2n) is 16.9. The first kappa shape index (κ1) is 35.3. The quantitative estimate of drug-likeness (QED) is 0.229. The van der Waals surface area contributed by atoms with Gasteiger partial charge in [0, 0.05) is 56.7 Å². The van der Waals surface area contributed by atoms with Gasteiger partial charge in [0.15, 0.2) is 12.6 Å². The first-order valence-corrected chi connectivity index (χ1v) is 18.9. The van der Waals surface area contributed by atoms with Crippen molar-refractivity contribution in [2.75, 3.05) is 28.2 Å². The lowest BCUT2D eigenvalue weighted by Gasteiger charge is -2.50. The molecule has 0 aromatic carbocycles. The van der Waals surface area contributed by atoms with E-state index >= 15 is 0 Å². The van der Waals surface area contributed by atoms with E-state index in [1.165, 1.54) is 14.0 Å². The molecule has 4 N–H and O–H groups in total. The zero-order valence-electron chi connectivity index (χ0n) is 40.5. The third-order valence-electron chi connectivity index (χ3n) is 12.5. The molecule has 1 aliphatic carbocycles. The van der Waals surface area contributed by atoms with E-state index in [1.54, 1.807) is 48.5 Å². The van der Waals surface area contributed by atoms with E-state index in [0.29, 0.717) is 12.8 Å². The highest BCUT2D eigenvalue weighted by Gasteiger charge is 2.53. The highest BCUT2D eigenvalue weighted by atomic mass is 16.7. The minimum absolute atomic E-state index is 0.0763. The van der Waals surface area contributed by atoms with Crippen LogP contribution in [0.1, 0.15) is 105 Å². The predicted molar refractivity (Wildman–Crippen MR) is 194 cm³/mol. The normalized spacial score (nSPS) is 51.3. The Morgan fingerprint density at radius 3 is 2.17 bits per heavy atom. The molecular weight excluding hydrogens is 674 g/mol. The number of ketones is 2. The Morgan fingerprint density at radius 1 is 0.923 bits per heavy atom. The van der Waals surface area contributed by atoms with Crippen LogP contribution >= 0.6 is 0 Å². The first-order chi connectivity index (χ1) is 27.3. The summed E-state index contributed by atoms with van der Waals surface area (Å²) in [5, 5.41) is 20.8. The van der Waals surface area contributed by atoms with Gasteiger partial charge in [0.05, 0.1) is 51.4 Å². The summed E-state index contributed by atoms with van der Waals surface area (Å²) >= 11 is 0. The molecule has 0 radical (unpaired) electrons. The van der Waals surface area contributed by atoms with Gasteiger partial charge in [-0.1, -0.05) is 41.0 Å². The lowest BCUT2D eigenvalue weighted by molar-refractivity contribution is -0.318. The molecule has 0 amide bonds. The Hall–Kier alpha value is -1.10. The summed E-state index contributed by atoms with van der Waals surface area (Å²) in [6.07, 6.45) is -8.38. The van der Waals surface area contributed by atoms with E-state index in [9.17, 15) is 9.59 Å². The van der Waals surface area contributed by atoms with E-state index in [1.807, 2.05) is 32.8 Å². The van der Waals surface area contributed by atoms with Gasteiger partial charge in [-0.15, -0.1) is 0 Å². The first-order valence-electron chi connectivity index (χ1n) is 22.0. The Labute approximate surface area is 322 Å². The number of Topliss-reactive ketones (excluding diaryl/α,β-unsaturated/α-hetero) is 2. The molecule has 1 saturated carbocycles. The molecular formula is C39H71NO12. The van der Waals surface area contributed by atoms with E-state index < -0.39 is 108 Å². The second kappa shape index (κ2) is 17.8. The fourth-order valence-electron chi connectivity index (χ4n) is 8.84. The molecule has 0 aromatic rings. The maximum Gasteiger partial charge on any atom is 0.211 e. The topological polar surface area (TPSA) is 174 Å². The van der Waals surface area contributed by atoms with Crippen LogP contribution in [0.25, 0.3) is 0 Å². The number of ether oxygens (including phenoxy) is 6. The number of rotatable bonds is 12. The molecule has 2 aliphatic heterocycles. The minimum Gasteiger partial charge on any atom is -0.389 e. The number of methoxy groups -OCH3 is 2. The van der Waals surface area contributed by atoms with Crippen LogP contribution in [0, 0.1) is 29.6 Å². The molecule has 18 atom stereocenters. The number of carbonyl (C=O) groups is 2. The number of aliphatic hydroxyl groups excluding tert-OH is 3. The Kier molecular flexibility index (Phi) is 12.1. The lowest BCUT2D eigenvalue weighted by atomic mass is 9.69. The maximum atomic E-state index is 14.7. The summed E-state index contributed by atoms with van der Waals surface area (Å²) in [5.41, 5.74) is -4.52. The molecule has 52 heavy (non-hydrogen) atoms. The molecule has 0 aromatic heterocycles. The maximum absolute atomic E-state index is 14.7. The van der Waals surface area contributed by atoms with E-state index in [4.69, 9.17) is 58.7 Å². The van der Waals surface area contributed by atoms with Crippen molar-refractivity contribution >= 4 is 11.6 Å². The average molecular weight is 753 g/mol. The van der Waals surface area contributed by atoms with Crippen LogP contribution < -0.4 is 0 Å². The van der Waals surface area contributed by atoms with Crippen LogP contribution in [0.3, 0.4) is 0 Å². The van der Waals surface area contributed by atoms with Crippen molar-refractivity contribution in [3.05, 3.63) is 0 Å². The number of likely N-dealkylation sites (N-methyl/N-ethyl adjacent to an activating group) is 1. The second-order valence-corrected chi connectivity index (χ2v) is 16.9. The average Bonchev–Trinajstić information content (AvgIpc) is 3.15. The number of hydrogen-bond acceptors (Lipinski definition) is 13. The fourth-order valence-corrected chi connectivity index (χ4v) is 8.84. The Balaban J connectivity index is 2.37. The summed E-state index contributed by atoms with van der Waals surface area (Å²) in [7, 11) is 2.14.